The number of benzene rings is 2. The number of nitrogens with one attached hydrogen (secondary N) is 1. The fourth-order valence-electron chi connectivity index (χ4n) is 2.91. The molecule has 0 fully saturated rings. The van der Waals surface area contributed by atoms with Gasteiger partial charge in [-0.1, -0.05) is 42.5 Å². The van der Waals surface area contributed by atoms with Crippen LogP contribution in [0.25, 0.3) is 11.3 Å². The van der Waals surface area contributed by atoms with E-state index in [1.54, 1.807) is 19.1 Å². The van der Waals surface area contributed by atoms with Crippen LogP contribution in [0.4, 0.5) is 0 Å². The van der Waals surface area contributed by atoms with Crippen molar-refractivity contribution in [3.05, 3.63) is 71.9 Å². The van der Waals surface area contributed by atoms with Crippen LogP contribution in [0.5, 0.6) is 5.75 Å². The number of carbonyl (C=O) groups excluding carboxylic acids is 1. The van der Waals surface area contributed by atoms with Gasteiger partial charge >= 0.3 is 0 Å². The van der Waals surface area contributed by atoms with Gasteiger partial charge in [-0.25, -0.2) is 0 Å². The van der Waals surface area contributed by atoms with E-state index < -0.39 is 6.10 Å². The van der Waals surface area contributed by atoms with Crippen molar-refractivity contribution in [2.45, 2.75) is 12.5 Å². The van der Waals surface area contributed by atoms with Gasteiger partial charge < -0.3 is 14.7 Å². The molecule has 3 aromatic rings. The van der Waals surface area contributed by atoms with Crippen molar-refractivity contribution < 1.29 is 14.6 Å². The molecule has 1 aromatic heterocycles. The topological polar surface area (TPSA) is 78.5 Å². The SMILES string of the molecule is COc1cccc(-c2[nH]ncc2C(=O)N(C)CCC(O)c2ccccc2)c1. The molecule has 0 radical (unpaired) electrons. The molecule has 0 aliphatic carbocycles. The second kappa shape index (κ2) is 8.51. The number of carbonyl (C=O) groups is 1. The lowest BCUT2D eigenvalue weighted by Gasteiger charge is -2.19. The van der Waals surface area contributed by atoms with Gasteiger partial charge in [0.05, 0.1) is 30.7 Å². The molecule has 1 heterocycles. The molecule has 27 heavy (non-hydrogen) atoms. The van der Waals surface area contributed by atoms with Gasteiger partial charge in [0.15, 0.2) is 0 Å². The monoisotopic (exact) mass is 365 g/mol. The summed E-state index contributed by atoms with van der Waals surface area (Å²) in [5.41, 5.74) is 2.81. The Labute approximate surface area is 158 Å². The van der Waals surface area contributed by atoms with Crippen LogP contribution in [0, 0.1) is 0 Å². The molecule has 3 rings (SSSR count). The van der Waals surface area contributed by atoms with E-state index in [0.29, 0.717) is 30.0 Å². The number of methoxy groups -OCH3 is 1. The highest BCUT2D eigenvalue weighted by Gasteiger charge is 2.20. The summed E-state index contributed by atoms with van der Waals surface area (Å²) < 4.78 is 5.25. The van der Waals surface area contributed by atoms with E-state index in [2.05, 4.69) is 10.2 Å². The standard InChI is InChI=1S/C21H23N3O3/c1-24(12-11-19(25)15-7-4-3-5-8-15)21(26)18-14-22-23-20(18)16-9-6-10-17(13-16)27-2/h3-10,13-14,19,25H,11-12H2,1-2H3,(H,22,23). The first kappa shape index (κ1) is 18.7. The molecule has 0 aliphatic rings. The molecule has 2 N–H and O–H groups in total. The van der Waals surface area contributed by atoms with Crippen molar-refractivity contribution >= 4 is 5.91 Å². The van der Waals surface area contributed by atoms with Crippen LogP contribution < -0.4 is 4.74 Å². The molecule has 0 saturated heterocycles. The van der Waals surface area contributed by atoms with Crippen LogP contribution in [0.3, 0.4) is 0 Å². The zero-order chi connectivity index (χ0) is 19.2. The summed E-state index contributed by atoms with van der Waals surface area (Å²) in [6.07, 6.45) is 1.38. The first-order valence-corrected chi connectivity index (χ1v) is 8.76. The number of aromatic nitrogens is 2. The lowest BCUT2D eigenvalue weighted by molar-refractivity contribution is 0.0762. The number of aliphatic hydroxyl groups is 1. The number of rotatable bonds is 7. The van der Waals surface area contributed by atoms with Gasteiger partial charge in [0, 0.05) is 19.2 Å². The first-order chi connectivity index (χ1) is 13.1. The molecule has 2 aromatic carbocycles. The van der Waals surface area contributed by atoms with Gasteiger partial charge in [0.2, 0.25) is 0 Å². The lowest BCUT2D eigenvalue weighted by Crippen LogP contribution is -2.28. The van der Waals surface area contributed by atoms with Crippen LogP contribution in [0.2, 0.25) is 0 Å². The van der Waals surface area contributed by atoms with Gasteiger partial charge in [0.25, 0.3) is 5.91 Å². The Hall–Kier alpha value is -3.12. The minimum Gasteiger partial charge on any atom is -0.497 e. The molecular formula is C21H23N3O3. The number of aromatic amines is 1. The maximum Gasteiger partial charge on any atom is 0.257 e. The van der Waals surface area contributed by atoms with Gasteiger partial charge in [-0.2, -0.15) is 5.10 Å². The predicted molar refractivity (Wildman–Crippen MR) is 104 cm³/mol. The smallest absolute Gasteiger partial charge is 0.257 e. The Balaban J connectivity index is 1.70. The Morgan fingerprint density at radius 1 is 1.22 bits per heavy atom. The summed E-state index contributed by atoms with van der Waals surface area (Å²) in [6, 6.07) is 16.9. The molecule has 140 valence electrons. The van der Waals surface area contributed by atoms with E-state index in [1.165, 1.54) is 6.20 Å². The summed E-state index contributed by atoms with van der Waals surface area (Å²) in [5.74, 6) is 0.557. The third kappa shape index (κ3) is 4.35. The van der Waals surface area contributed by atoms with E-state index in [9.17, 15) is 9.90 Å². The zero-order valence-electron chi connectivity index (χ0n) is 15.4. The molecule has 6 nitrogen and oxygen atoms in total. The molecule has 0 saturated carbocycles. The van der Waals surface area contributed by atoms with Gasteiger partial charge in [-0.3, -0.25) is 9.89 Å². The molecule has 6 heteroatoms. The van der Waals surface area contributed by atoms with E-state index in [1.807, 2.05) is 54.6 Å². The number of aliphatic hydroxyl groups excluding tert-OH is 1. The van der Waals surface area contributed by atoms with E-state index in [0.717, 1.165) is 11.1 Å². The van der Waals surface area contributed by atoms with E-state index in [4.69, 9.17) is 4.74 Å². The quantitative estimate of drug-likeness (QED) is 0.673. The van der Waals surface area contributed by atoms with Crippen LogP contribution in [-0.2, 0) is 0 Å². The van der Waals surface area contributed by atoms with Crippen molar-refractivity contribution in [1.29, 1.82) is 0 Å². The molecule has 0 aliphatic heterocycles. The Morgan fingerprint density at radius 2 is 2.00 bits per heavy atom. The van der Waals surface area contributed by atoms with Crippen molar-refractivity contribution in [1.82, 2.24) is 15.1 Å². The highest BCUT2D eigenvalue weighted by molar-refractivity contribution is 5.99. The Bertz CT molecular complexity index is 892. The Kier molecular flexibility index (Phi) is 5.88. The summed E-state index contributed by atoms with van der Waals surface area (Å²) in [5, 5.41) is 17.2. The number of hydrogen-bond donors (Lipinski definition) is 2. The highest BCUT2D eigenvalue weighted by Crippen LogP contribution is 2.26. The van der Waals surface area contributed by atoms with E-state index >= 15 is 0 Å². The van der Waals surface area contributed by atoms with Crippen LogP contribution in [0.15, 0.2) is 60.8 Å². The lowest BCUT2D eigenvalue weighted by atomic mass is 10.1. The van der Waals surface area contributed by atoms with Crippen LogP contribution >= 0.6 is 0 Å². The average molecular weight is 365 g/mol. The third-order valence-corrected chi connectivity index (χ3v) is 4.50. The number of amides is 1. The van der Waals surface area contributed by atoms with Gasteiger partial charge in [-0.15, -0.1) is 0 Å². The molecule has 1 unspecified atom stereocenters. The molecule has 0 spiro atoms. The number of nitrogens with zero attached hydrogens (tertiary/aromatic N) is 2. The second-order valence-electron chi connectivity index (χ2n) is 6.33. The van der Waals surface area contributed by atoms with Crippen molar-refractivity contribution in [2.75, 3.05) is 20.7 Å². The molecule has 1 atom stereocenters. The van der Waals surface area contributed by atoms with Gasteiger partial charge in [0.1, 0.15) is 5.75 Å². The predicted octanol–water partition coefficient (Wildman–Crippen LogP) is 3.28. The van der Waals surface area contributed by atoms with E-state index in [-0.39, 0.29) is 5.91 Å². The third-order valence-electron chi connectivity index (χ3n) is 4.50. The van der Waals surface area contributed by atoms with Gasteiger partial charge in [-0.05, 0) is 24.1 Å². The molecule has 1 amide bonds. The minimum absolute atomic E-state index is 0.151. The average Bonchev–Trinajstić information content (AvgIpc) is 3.21. The fourth-order valence-corrected chi connectivity index (χ4v) is 2.91. The summed E-state index contributed by atoms with van der Waals surface area (Å²) in [4.78, 5) is 14.5. The van der Waals surface area contributed by atoms with Crippen molar-refractivity contribution in [3.63, 3.8) is 0 Å². The number of hydrogen-bond acceptors (Lipinski definition) is 4. The Morgan fingerprint density at radius 3 is 2.74 bits per heavy atom. The minimum atomic E-state index is -0.608. The second-order valence-corrected chi connectivity index (χ2v) is 6.33. The summed E-state index contributed by atoms with van der Waals surface area (Å²) >= 11 is 0. The summed E-state index contributed by atoms with van der Waals surface area (Å²) in [7, 11) is 3.33. The fraction of sp³-hybridized carbons (Fsp3) is 0.238. The van der Waals surface area contributed by atoms with Crippen LogP contribution in [-0.4, -0.2) is 46.8 Å². The maximum atomic E-state index is 12.9. The first-order valence-electron chi connectivity index (χ1n) is 8.76. The maximum absolute atomic E-state index is 12.9. The van der Waals surface area contributed by atoms with Crippen molar-refractivity contribution in [3.8, 4) is 17.0 Å². The highest BCUT2D eigenvalue weighted by atomic mass is 16.5. The summed E-state index contributed by atoms with van der Waals surface area (Å²) in [6.45, 7) is 0.428. The normalized spacial score (nSPS) is 11.8. The molecular weight excluding hydrogens is 342 g/mol. The number of H-pyrrole nitrogens is 1. The van der Waals surface area contributed by atoms with Crippen LogP contribution in [0.1, 0.15) is 28.4 Å². The largest absolute Gasteiger partial charge is 0.497 e. The number of ether oxygens (including phenoxy) is 1. The molecule has 0 bridgehead atoms. The zero-order valence-corrected chi connectivity index (χ0v) is 15.4. The van der Waals surface area contributed by atoms with Crippen molar-refractivity contribution in [2.24, 2.45) is 0 Å².